The van der Waals surface area contributed by atoms with Crippen molar-refractivity contribution >= 4 is 82.7 Å². The number of benzene rings is 10. The highest BCUT2D eigenvalue weighted by molar-refractivity contribution is 7.25. The molecular formula is C67H57N3S. The molecule has 0 aliphatic carbocycles. The van der Waals surface area contributed by atoms with E-state index >= 15 is 0 Å². The predicted octanol–water partition coefficient (Wildman–Crippen LogP) is 20.6. The fourth-order valence-electron chi connectivity index (χ4n) is 8.92. The third-order valence-corrected chi connectivity index (χ3v) is 13.2. The van der Waals surface area contributed by atoms with Crippen LogP contribution in [0.1, 0.15) is 20.8 Å². The first-order valence-corrected chi connectivity index (χ1v) is 25.1. The molecule has 0 radical (unpaired) electrons. The fraction of sp³-hybridized carbons (Fsp3) is 0.0448. The highest BCUT2D eigenvalue weighted by atomic mass is 32.1. The summed E-state index contributed by atoms with van der Waals surface area (Å²) >= 11 is 1.84. The summed E-state index contributed by atoms with van der Waals surface area (Å²) in [6.45, 7) is 9.42. The molecule has 0 fully saturated rings. The average Bonchev–Trinajstić information content (AvgIpc) is 3.82. The van der Waals surface area contributed by atoms with Crippen LogP contribution in [0.3, 0.4) is 0 Å². The molecule has 1 aromatic heterocycles. The van der Waals surface area contributed by atoms with Gasteiger partial charge >= 0.3 is 0 Å². The Morgan fingerprint density at radius 3 is 1.18 bits per heavy atom. The maximum absolute atomic E-state index is 3.46. The van der Waals surface area contributed by atoms with E-state index in [4.69, 9.17) is 0 Å². The third kappa shape index (κ3) is 10.8. The molecular weight excluding hydrogens is 879 g/mol. The van der Waals surface area contributed by atoms with Crippen LogP contribution in [0.5, 0.6) is 0 Å². The number of thiophene rings is 1. The molecule has 4 heteroatoms. The van der Waals surface area contributed by atoms with Crippen LogP contribution in [-0.2, 0) is 0 Å². The van der Waals surface area contributed by atoms with E-state index in [1.807, 2.05) is 44.3 Å². The quantitative estimate of drug-likeness (QED) is 0.113. The van der Waals surface area contributed by atoms with Gasteiger partial charge in [-0.25, -0.2) is 0 Å². The molecule has 0 aliphatic rings. The van der Waals surface area contributed by atoms with Crippen molar-refractivity contribution < 1.29 is 0 Å². The van der Waals surface area contributed by atoms with Gasteiger partial charge in [0.1, 0.15) is 0 Å². The summed E-state index contributed by atoms with van der Waals surface area (Å²) in [5.41, 5.74) is 14.4. The largest absolute Gasteiger partial charge is 0.310 e. The molecule has 0 saturated carbocycles. The number of hydrogen-bond donors (Lipinski definition) is 0. The van der Waals surface area contributed by atoms with Gasteiger partial charge in [0.2, 0.25) is 0 Å². The molecule has 346 valence electrons. The lowest BCUT2D eigenvalue weighted by atomic mass is 10.0. The number of fused-ring (bicyclic) bond motifs is 3. The number of para-hydroxylation sites is 2. The van der Waals surface area contributed by atoms with Crippen LogP contribution >= 0.6 is 11.3 Å². The van der Waals surface area contributed by atoms with Crippen molar-refractivity contribution in [2.24, 2.45) is 0 Å². The lowest BCUT2D eigenvalue weighted by Gasteiger charge is -2.31. The molecule has 11 aromatic rings. The minimum absolute atomic E-state index is 1.05. The molecule has 0 atom stereocenters. The van der Waals surface area contributed by atoms with E-state index in [0.717, 1.165) is 56.7 Å². The monoisotopic (exact) mass is 935 g/mol. The minimum Gasteiger partial charge on any atom is -0.310 e. The molecule has 1 heterocycles. The first-order valence-electron chi connectivity index (χ1n) is 24.3. The molecule has 11 rings (SSSR count). The molecule has 0 N–H and O–H groups in total. The van der Waals surface area contributed by atoms with Crippen LogP contribution in [0.15, 0.2) is 286 Å². The summed E-state index contributed by atoms with van der Waals surface area (Å²) < 4.78 is 2.54. The van der Waals surface area contributed by atoms with Crippen LogP contribution in [0.25, 0.3) is 42.4 Å². The molecule has 0 amide bonds. The highest BCUT2D eigenvalue weighted by Gasteiger charge is 2.21. The lowest BCUT2D eigenvalue weighted by Crippen LogP contribution is -2.14. The smallest absolute Gasteiger partial charge is 0.0482 e. The van der Waals surface area contributed by atoms with E-state index in [1.165, 1.54) is 36.9 Å². The summed E-state index contributed by atoms with van der Waals surface area (Å²) in [7, 11) is 0. The first-order chi connectivity index (χ1) is 35.1. The molecule has 10 aromatic carbocycles. The SMILES string of the molecule is C=C/C=C\C.CC.c1ccc(-c2ccc(N(c3cccc(-c4ccccc4)c3)c3cccc(N(c4cccc(N(c5ccccc5)c5ccccc5)c4)c4ccc5c(c4)sc4ccccc45)c3)cc2)cc1. The molecule has 71 heavy (non-hydrogen) atoms. The zero-order chi connectivity index (χ0) is 48.8. The van der Waals surface area contributed by atoms with Crippen LogP contribution < -0.4 is 14.7 Å². The maximum atomic E-state index is 3.46. The van der Waals surface area contributed by atoms with Gasteiger partial charge in [-0.15, -0.1) is 11.3 Å². The maximum Gasteiger partial charge on any atom is 0.0482 e. The van der Waals surface area contributed by atoms with E-state index in [0.29, 0.717) is 0 Å². The van der Waals surface area contributed by atoms with Crippen molar-refractivity contribution in [3.05, 3.63) is 286 Å². The Labute approximate surface area is 423 Å². The first kappa shape index (κ1) is 47.4. The van der Waals surface area contributed by atoms with E-state index in [1.54, 1.807) is 6.08 Å². The Morgan fingerprint density at radius 2 is 0.662 bits per heavy atom. The number of anilines is 9. The summed E-state index contributed by atoms with van der Waals surface area (Å²) in [6.07, 6.45) is 5.58. The average molecular weight is 936 g/mol. The summed E-state index contributed by atoms with van der Waals surface area (Å²) in [6, 6.07) is 93.7. The topological polar surface area (TPSA) is 9.72 Å². The Balaban J connectivity index is 0.000000841. The van der Waals surface area contributed by atoms with E-state index in [2.05, 4.69) is 282 Å². The predicted molar refractivity (Wildman–Crippen MR) is 311 cm³/mol. The van der Waals surface area contributed by atoms with Crippen LogP contribution in [0, 0.1) is 0 Å². The molecule has 3 nitrogen and oxygen atoms in total. The standard InChI is InChI=1S/C60H43N3S.C5H8.C2H6/c1-5-18-44(19-6-1)46-34-36-50(37-35-46)62(51-27-15-22-47(40-51)45-20-7-2-8-21-45)53-29-17-31-55(42-53)63(56-38-39-58-57-32-13-14-33-59(57)64-60(58)43-56)54-30-16-28-52(41-54)61(48-23-9-3-10-24-48)49-25-11-4-12-26-49;1-3-5-4-2;1-2/h1-43H;3-5H,1H2,2H3;1-2H3/b;5-4-;. The number of rotatable bonds is 12. The van der Waals surface area contributed by atoms with Gasteiger partial charge in [-0.05, 0) is 132 Å². The fourth-order valence-corrected chi connectivity index (χ4v) is 10.1. The van der Waals surface area contributed by atoms with Gasteiger partial charge in [0, 0.05) is 71.4 Å². The second kappa shape index (κ2) is 23.1. The lowest BCUT2D eigenvalue weighted by molar-refractivity contribution is 1.24. The van der Waals surface area contributed by atoms with Crippen molar-refractivity contribution in [1.29, 1.82) is 0 Å². The third-order valence-electron chi connectivity index (χ3n) is 12.1. The van der Waals surface area contributed by atoms with Gasteiger partial charge in [0.25, 0.3) is 0 Å². The molecule has 0 bridgehead atoms. The molecule has 0 spiro atoms. The summed E-state index contributed by atoms with van der Waals surface area (Å²) in [5.74, 6) is 0. The summed E-state index contributed by atoms with van der Waals surface area (Å²) in [4.78, 5) is 7.11. The van der Waals surface area contributed by atoms with Crippen molar-refractivity contribution in [3.63, 3.8) is 0 Å². The Kier molecular flexibility index (Phi) is 15.4. The second-order valence-electron chi connectivity index (χ2n) is 16.6. The van der Waals surface area contributed by atoms with Crippen LogP contribution in [0.2, 0.25) is 0 Å². The zero-order valence-electron chi connectivity index (χ0n) is 40.5. The number of allylic oxidation sites excluding steroid dienone is 3. The normalized spacial score (nSPS) is 10.7. The zero-order valence-corrected chi connectivity index (χ0v) is 41.3. The minimum atomic E-state index is 1.05. The van der Waals surface area contributed by atoms with E-state index < -0.39 is 0 Å². The second-order valence-corrected chi connectivity index (χ2v) is 17.7. The van der Waals surface area contributed by atoms with Crippen molar-refractivity contribution in [1.82, 2.24) is 0 Å². The van der Waals surface area contributed by atoms with E-state index in [9.17, 15) is 0 Å². The molecule has 0 unspecified atom stereocenters. The number of hydrogen-bond acceptors (Lipinski definition) is 4. The van der Waals surface area contributed by atoms with Gasteiger partial charge < -0.3 is 14.7 Å². The van der Waals surface area contributed by atoms with Gasteiger partial charge in [-0.3, -0.25) is 0 Å². The Morgan fingerprint density at radius 1 is 0.310 bits per heavy atom. The van der Waals surface area contributed by atoms with E-state index in [-0.39, 0.29) is 0 Å². The van der Waals surface area contributed by atoms with Crippen molar-refractivity contribution in [2.75, 3.05) is 14.7 Å². The Bertz CT molecular complexity index is 3430. The van der Waals surface area contributed by atoms with Crippen molar-refractivity contribution in [2.45, 2.75) is 20.8 Å². The van der Waals surface area contributed by atoms with Gasteiger partial charge in [-0.1, -0.05) is 196 Å². The highest BCUT2D eigenvalue weighted by Crippen LogP contribution is 2.45. The van der Waals surface area contributed by atoms with Gasteiger partial charge in [0.15, 0.2) is 0 Å². The van der Waals surface area contributed by atoms with Crippen LogP contribution in [-0.4, -0.2) is 0 Å². The summed E-state index contributed by atoms with van der Waals surface area (Å²) in [5, 5.41) is 2.56. The number of nitrogens with zero attached hydrogens (tertiary/aromatic N) is 3. The van der Waals surface area contributed by atoms with Gasteiger partial charge in [0.05, 0.1) is 0 Å². The van der Waals surface area contributed by atoms with Crippen molar-refractivity contribution in [3.8, 4) is 22.3 Å². The van der Waals surface area contributed by atoms with Gasteiger partial charge in [-0.2, -0.15) is 0 Å². The van der Waals surface area contributed by atoms with Crippen LogP contribution in [0.4, 0.5) is 51.2 Å². The molecule has 0 saturated heterocycles. The Hall–Kier alpha value is -8.70. The molecule has 0 aliphatic heterocycles.